The van der Waals surface area contributed by atoms with Crippen LogP contribution in [0.3, 0.4) is 0 Å². The molecule has 0 aromatic heterocycles. The average molecular weight is 715 g/mol. The van der Waals surface area contributed by atoms with Gasteiger partial charge in [-0.2, -0.15) is 0 Å². The third-order valence-electron chi connectivity index (χ3n) is 13.5. The molecule has 0 heterocycles. The van der Waals surface area contributed by atoms with Crippen molar-refractivity contribution in [1.82, 2.24) is 0 Å². The first-order chi connectivity index (χ1) is 22.3. The zero-order chi connectivity index (χ0) is 37.4. The van der Waals surface area contributed by atoms with Crippen LogP contribution in [0.25, 0.3) is 0 Å². The molecule has 3 rings (SSSR count). The van der Waals surface area contributed by atoms with Crippen molar-refractivity contribution in [2.24, 2.45) is 28.6 Å². The molecular formula is C42H74O5Si2. The van der Waals surface area contributed by atoms with Crippen molar-refractivity contribution in [1.29, 1.82) is 0 Å². The van der Waals surface area contributed by atoms with Gasteiger partial charge in [0.05, 0.1) is 30.3 Å². The predicted octanol–water partition coefficient (Wildman–Crippen LogP) is 11.3. The van der Waals surface area contributed by atoms with Crippen molar-refractivity contribution in [2.75, 3.05) is 6.61 Å². The van der Waals surface area contributed by atoms with E-state index in [1.54, 1.807) is 26.3 Å². The molecule has 3 aliphatic rings. The molecule has 7 heteroatoms. The number of hydrogen-bond acceptors (Lipinski definition) is 5. The maximum absolute atomic E-state index is 12.5. The topological polar surface area (TPSA) is 65.0 Å². The van der Waals surface area contributed by atoms with Crippen LogP contribution in [0, 0.1) is 28.6 Å². The summed E-state index contributed by atoms with van der Waals surface area (Å²) in [6, 6.07) is 0. The molecule has 5 nitrogen and oxygen atoms in total. The van der Waals surface area contributed by atoms with Gasteiger partial charge < -0.3 is 18.7 Å². The summed E-state index contributed by atoms with van der Waals surface area (Å²) in [6.45, 7) is 38.4. The molecule has 280 valence electrons. The van der Waals surface area contributed by atoms with E-state index in [2.05, 4.69) is 106 Å². The quantitative estimate of drug-likeness (QED) is 0.131. The fourth-order valence-electron chi connectivity index (χ4n) is 8.00. The second-order valence-electron chi connectivity index (χ2n) is 19.5. The Kier molecular flexibility index (Phi) is 13.2. The first-order valence-corrected chi connectivity index (χ1v) is 25.1. The Morgan fingerprint density at radius 1 is 0.980 bits per heavy atom. The summed E-state index contributed by atoms with van der Waals surface area (Å²) in [6.07, 6.45) is 15.8. The molecule has 0 unspecified atom stereocenters. The summed E-state index contributed by atoms with van der Waals surface area (Å²) < 4.78 is 19.4. The lowest BCUT2D eigenvalue weighted by Crippen LogP contribution is -2.49. The summed E-state index contributed by atoms with van der Waals surface area (Å²) in [5.74, 6) is 1.02. The highest BCUT2D eigenvalue weighted by Crippen LogP contribution is 2.59. The second kappa shape index (κ2) is 15.4. The molecule has 49 heavy (non-hydrogen) atoms. The maximum atomic E-state index is 12.5. The second-order valence-corrected chi connectivity index (χ2v) is 29.0. The summed E-state index contributed by atoms with van der Waals surface area (Å²) in [5.41, 5.74) is 3.24. The van der Waals surface area contributed by atoms with E-state index in [1.807, 2.05) is 6.08 Å². The largest absolute Gasteiger partial charge is 0.465 e. The first-order valence-electron chi connectivity index (χ1n) is 19.3. The highest BCUT2D eigenvalue weighted by atomic mass is 28.4. The van der Waals surface area contributed by atoms with E-state index >= 15 is 0 Å². The van der Waals surface area contributed by atoms with Gasteiger partial charge in [0, 0.05) is 6.42 Å². The van der Waals surface area contributed by atoms with Gasteiger partial charge in [-0.1, -0.05) is 91.8 Å². The van der Waals surface area contributed by atoms with Crippen LogP contribution in [-0.4, -0.2) is 52.6 Å². The molecule has 0 bridgehead atoms. The highest BCUT2D eigenvalue weighted by molar-refractivity contribution is 6.74. The van der Waals surface area contributed by atoms with Gasteiger partial charge in [-0.05, 0) is 130 Å². The van der Waals surface area contributed by atoms with Crippen molar-refractivity contribution < 1.29 is 23.5 Å². The van der Waals surface area contributed by atoms with Crippen molar-refractivity contribution in [3.8, 4) is 0 Å². The molecule has 0 aliphatic heterocycles. The smallest absolute Gasteiger partial charge is 0.314 e. The number of carbonyl (C=O) groups excluding carboxylic acids is 1. The number of allylic oxidation sites excluding steroid dienone is 4. The van der Waals surface area contributed by atoms with Crippen molar-refractivity contribution in [2.45, 2.75) is 176 Å². The minimum absolute atomic E-state index is 0.0154. The Bertz CT molecular complexity index is 1280. The number of rotatable bonds is 11. The van der Waals surface area contributed by atoms with E-state index in [0.717, 1.165) is 24.8 Å². The number of ether oxygens (including phenoxy) is 1. The Balaban J connectivity index is 1.87. The summed E-state index contributed by atoms with van der Waals surface area (Å²) >= 11 is 0. The van der Waals surface area contributed by atoms with E-state index < -0.39 is 28.2 Å². The molecule has 0 aromatic carbocycles. The Labute approximate surface area is 303 Å². The highest BCUT2D eigenvalue weighted by Gasteiger charge is 2.51. The number of hydrogen-bond donors (Lipinski definition) is 1. The molecule has 1 N–H and O–H groups in total. The third-order valence-corrected chi connectivity index (χ3v) is 22.6. The van der Waals surface area contributed by atoms with Gasteiger partial charge in [0.1, 0.15) is 0 Å². The van der Waals surface area contributed by atoms with Gasteiger partial charge in [-0.25, -0.2) is 0 Å². The van der Waals surface area contributed by atoms with Gasteiger partial charge in [0.25, 0.3) is 0 Å². The molecule has 0 amide bonds. The lowest BCUT2D eigenvalue weighted by Gasteiger charge is -2.45. The molecule has 7 atom stereocenters. The Hall–Kier alpha value is -1.26. The normalized spacial score (nSPS) is 30.6. The SMILES string of the molecule is C=C1C(=CC=C2CCC[C@]3(C)[C@@H]([C@H](C)C=C[C@H](O)C(C)(C)C(=O)OCC)CC[C@@H]23)C[C@@H](O[Si](C)(C)C(C)(C)C)C[C@@H]1O[Si](C)(C)C(C)(C)C. The van der Waals surface area contributed by atoms with E-state index in [9.17, 15) is 9.90 Å². The van der Waals surface area contributed by atoms with Gasteiger partial charge in [-0.3, -0.25) is 4.79 Å². The maximum Gasteiger partial charge on any atom is 0.314 e. The predicted molar refractivity (Wildman–Crippen MR) is 212 cm³/mol. The lowest BCUT2D eigenvalue weighted by molar-refractivity contribution is -0.158. The number of aliphatic hydroxyl groups is 1. The summed E-state index contributed by atoms with van der Waals surface area (Å²) in [7, 11) is -3.98. The first kappa shape index (κ1) is 42.2. The number of esters is 1. The van der Waals surface area contributed by atoms with Crippen molar-refractivity contribution >= 4 is 22.6 Å². The summed E-state index contributed by atoms with van der Waals surface area (Å²) in [4.78, 5) is 12.5. The Morgan fingerprint density at radius 3 is 2.14 bits per heavy atom. The fourth-order valence-corrected chi connectivity index (χ4v) is 10.7. The van der Waals surface area contributed by atoms with Gasteiger partial charge in [-0.15, -0.1) is 0 Å². The molecule has 0 aromatic rings. The Morgan fingerprint density at radius 2 is 1.57 bits per heavy atom. The molecule has 0 radical (unpaired) electrons. The number of fused-ring (bicyclic) bond motifs is 1. The minimum atomic E-state index is -2.02. The molecule has 3 saturated carbocycles. The molecule has 3 aliphatic carbocycles. The van der Waals surface area contributed by atoms with E-state index in [4.69, 9.17) is 13.6 Å². The van der Waals surface area contributed by atoms with Crippen LogP contribution in [-0.2, 0) is 18.4 Å². The zero-order valence-electron chi connectivity index (χ0n) is 34.2. The summed E-state index contributed by atoms with van der Waals surface area (Å²) in [5, 5.41) is 11.2. The lowest BCUT2D eigenvalue weighted by atomic mass is 9.61. The van der Waals surface area contributed by atoms with Crippen LogP contribution in [0.4, 0.5) is 0 Å². The van der Waals surface area contributed by atoms with Crippen LogP contribution in [0.2, 0.25) is 36.3 Å². The van der Waals surface area contributed by atoms with E-state index in [-0.39, 0.29) is 33.7 Å². The fraction of sp³-hybridized carbons (Fsp3) is 0.786. The van der Waals surface area contributed by atoms with Crippen LogP contribution in [0.1, 0.15) is 121 Å². The van der Waals surface area contributed by atoms with Crippen LogP contribution in [0.5, 0.6) is 0 Å². The molecule has 3 fully saturated rings. The van der Waals surface area contributed by atoms with Gasteiger partial charge >= 0.3 is 5.97 Å². The van der Waals surface area contributed by atoms with E-state index in [0.29, 0.717) is 24.4 Å². The zero-order valence-corrected chi connectivity index (χ0v) is 36.2. The van der Waals surface area contributed by atoms with Crippen LogP contribution in [0.15, 0.2) is 47.6 Å². The van der Waals surface area contributed by atoms with Crippen molar-refractivity contribution in [3.05, 3.63) is 47.6 Å². The third kappa shape index (κ3) is 9.41. The van der Waals surface area contributed by atoms with E-state index in [1.165, 1.54) is 31.3 Å². The standard InChI is InChI=1S/C42H74O5Si2/c1-17-45-38(44)41(10,11)37(43)25-20-29(2)34-23-24-35-31(19-18-26-42(34,35)12)21-22-32-27-33(46-48(13,14)39(4,5)6)28-36(30(32)3)47-49(15,16)40(7,8)9/h20-22,25,29,33-37,43H,3,17-19,23-24,26-28H2,1-2,4-16H3/t29-,33-,34-,35+,36+,37+,42-/m1/s1. The van der Waals surface area contributed by atoms with Crippen molar-refractivity contribution in [3.63, 3.8) is 0 Å². The molecular weight excluding hydrogens is 641 g/mol. The average Bonchev–Trinajstić information content (AvgIpc) is 3.32. The number of carbonyl (C=O) groups is 1. The van der Waals surface area contributed by atoms with Gasteiger partial charge in [0.2, 0.25) is 0 Å². The molecule has 0 spiro atoms. The number of aliphatic hydroxyl groups excluding tert-OH is 1. The monoisotopic (exact) mass is 715 g/mol. The molecule has 0 saturated heterocycles. The minimum Gasteiger partial charge on any atom is -0.465 e. The van der Waals surface area contributed by atoms with Crippen LogP contribution < -0.4 is 0 Å². The van der Waals surface area contributed by atoms with Crippen LogP contribution >= 0.6 is 0 Å². The van der Waals surface area contributed by atoms with Gasteiger partial charge in [0.15, 0.2) is 16.6 Å².